The fraction of sp³-hybridized carbons (Fsp3) is 0.250. The molecule has 1 heterocycles. The molecule has 88 valence electrons. The number of benzene rings is 1. The monoisotopic (exact) mass is 233 g/mol. The molecule has 5 nitrogen and oxygen atoms in total. The number of nitrogens with zero attached hydrogens (tertiary/aromatic N) is 1. The standard InChI is InChI=1S/C12H11NO4/c1-2-7-4-3-5-8-10(7)13(6-9(14)15)12(17)11(8)16/h3-5H,2,6H2,1H3,(H,14,15). The molecule has 0 atom stereocenters. The lowest BCUT2D eigenvalue weighted by atomic mass is 10.0. The van der Waals surface area contributed by atoms with Crippen molar-refractivity contribution in [3.63, 3.8) is 0 Å². The zero-order valence-electron chi connectivity index (χ0n) is 9.27. The molecule has 0 unspecified atom stereocenters. The summed E-state index contributed by atoms with van der Waals surface area (Å²) in [6, 6.07) is 5.04. The van der Waals surface area contributed by atoms with E-state index in [1.807, 2.05) is 6.92 Å². The molecule has 1 N–H and O–H groups in total. The van der Waals surface area contributed by atoms with Crippen molar-refractivity contribution >= 4 is 23.3 Å². The van der Waals surface area contributed by atoms with E-state index in [1.54, 1.807) is 18.2 Å². The highest BCUT2D eigenvalue weighted by Crippen LogP contribution is 2.32. The van der Waals surface area contributed by atoms with Crippen LogP contribution in [0.1, 0.15) is 22.8 Å². The number of amides is 1. The van der Waals surface area contributed by atoms with Crippen LogP contribution in [0.2, 0.25) is 0 Å². The van der Waals surface area contributed by atoms with Crippen LogP contribution in [0.5, 0.6) is 0 Å². The van der Waals surface area contributed by atoms with Crippen molar-refractivity contribution in [3.05, 3.63) is 29.3 Å². The Labute approximate surface area is 97.7 Å². The first-order chi connectivity index (χ1) is 8.06. The van der Waals surface area contributed by atoms with Gasteiger partial charge in [0.1, 0.15) is 6.54 Å². The van der Waals surface area contributed by atoms with E-state index in [9.17, 15) is 14.4 Å². The fourth-order valence-corrected chi connectivity index (χ4v) is 2.00. The molecule has 0 aliphatic carbocycles. The molecule has 1 amide bonds. The maximum absolute atomic E-state index is 11.7. The number of Topliss-reactive ketones (excluding diaryl/α,β-unsaturated/α-hetero) is 1. The molecule has 2 rings (SSSR count). The molecule has 1 aromatic rings. The van der Waals surface area contributed by atoms with Gasteiger partial charge in [0.05, 0.1) is 11.3 Å². The summed E-state index contributed by atoms with van der Waals surface area (Å²) in [5.41, 5.74) is 1.56. The molecule has 1 aromatic carbocycles. The zero-order valence-corrected chi connectivity index (χ0v) is 9.27. The summed E-state index contributed by atoms with van der Waals surface area (Å²) in [5, 5.41) is 8.76. The van der Waals surface area contributed by atoms with Crippen LogP contribution in [0.3, 0.4) is 0 Å². The number of rotatable bonds is 3. The van der Waals surface area contributed by atoms with Gasteiger partial charge in [0.25, 0.3) is 11.7 Å². The molecular weight excluding hydrogens is 222 g/mol. The van der Waals surface area contributed by atoms with Gasteiger partial charge in [-0.1, -0.05) is 19.1 Å². The number of carboxylic acids is 1. The van der Waals surface area contributed by atoms with Gasteiger partial charge in [0, 0.05) is 0 Å². The Bertz CT molecular complexity index is 521. The maximum atomic E-state index is 11.7. The summed E-state index contributed by atoms with van der Waals surface area (Å²) in [5.74, 6) is -2.52. The lowest BCUT2D eigenvalue weighted by Gasteiger charge is -2.16. The molecule has 1 aliphatic heterocycles. The van der Waals surface area contributed by atoms with Gasteiger partial charge in [0.2, 0.25) is 0 Å². The third-order valence-corrected chi connectivity index (χ3v) is 2.75. The third-order valence-electron chi connectivity index (χ3n) is 2.75. The number of carbonyl (C=O) groups excluding carboxylic acids is 2. The summed E-state index contributed by atoms with van der Waals surface area (Å²) in [6.45, 7) is 1.41. The normalized spacial score (nSPS) is 14.1. The van der Waals surface area contributed by atoms with Gasteiger partial charge < -0.3 is 5.11 Å². The second-order valence-electron chi connectivity index (χ2n) is 3.78. The van der Waals surface area contributed by atoms with E-state index in [0.717, 1.165) is 10.5 Å². The molecule has 0 spiro atoms. The van der Waals surface area contributed by atoms with Crippen LogP contribution >= 0.6 is 0 Å². The van der Waals surface area contributed by atoms with Crippen molar-refractivity contribution in [3.8, 4) is 0 Å². The van der Waals surface area contributed by atoms with Gasteiger partial charge in [-0.2, -0.15) is 0 Å². The van der Waals surface area contributed by atoms with Crippen LogP contribution in [-0.4, -0.2) is 29.3 Å². The lowest BCUT2D eigenvalue weighted by Crippen LogP contribution is -2.34. The number of aliphatic carboxylic acids is 1. The maximum Gasteiger partial charge on any atom is 0.323 e. The van der Waals surface area contributed by atoms with Crippen molar-refractivity contribution in [2.75, 3.05) is 11.4 Å². The van der Waals surface area contributed by atoms with Gasteiger partial charge in [0.15, 0.2) is 0 Å². The van der Waals surface area contributed by atoms with E-state index >= 15 is 0 Å². The number of para-hydroxylation sites is 1. The molecule has 5 heteroatoms. The fourth-order valence-electron chi connectivity index (χ4n) is 2.00. The van der Waals surface area contributed by atoms with Gasteiger partial charge in [-0.15, -0.1) is 0 Å². The number of fused-ring (bicyclic) bond motifs is 1. The van der Waals surface area contributed by atoms with Gasteiger partial charge in [-0.3, -0.25) is 19.3 Å². The minimum Gasteiger partial charge on any atom is -0.480 e. The summed E-state index contributed by atoms with van der Waals surface area (Å²) >= 11 is 0. The predicted octanol–water partition coefficient (Wildman–Crippen LogP) is 0.863. The molecule has 0 bridgehead atoms. The van der Waals surface area contributed by atoms with Gasteiger partial charge >= 0.3 is 5.97 Å². The first-order valence-corrected chi connectivity index (χ1v) is 5.26. The van der Waals surface area contributed by atoms with Crippen LogP contribution in [-0.2, 0) is 16.0 Å². The number of anilines is 1. The Morgan fingerprint density at radius 1 is 1.35 bits per heavy atom. The molecule has 0 radical (unpaired) electrons. The second kappa shape index (κ2) is 4.01. The molecule has 0 aromatic heterocycles. The Morgan fingerprint density at radius 3 is 2.65 bits per heavy atom. The van der Waals surface area contributed by atoms with Gasteiger partial charge in [-0.25, -0.2) is 0 Å². The van der Waals surface area contributed by atoms with E-state index in [1.165, 1.54) is 0 Å². The summed E-state index contributed by atoms with van der Waals surface area (Å²) < 4.78 is 0. The number of hydrogen-bond acceptors (Lipinski definition) is 3. The number of carbonyl (C=O) groups is 3. The average Bonchev–Trinajstić information content (AvgIpc) is 2.54. The Hall–Kier alpha value is -2.17. The van der Waals surface area contributed by atoms with Crippen LogP contribution < -0.4 is 4.90 Å². The van der Waals surface area contributed by atoms with Crippen LogP contribution in [0.4, 0.5) is 5.69 Å². The Balaban J connectivity index is 2.57. The van der Waals surface area contributed by atoms with E-state index in [2.05, 4.69) is 0 Å². The van der Waals surface area contributed by atoms with E-state index in [-0.39, 0.29) is 0 Å². The highest BCUT2D eigenvalue weighted by atomic mass is 16.4. The predicted molar refractivity (Wildman–Crippen MR) is 60.1 cm³/mol. The number of carboxylic acid groups (broad SMARTS) is 1. The molecule has 0 saturated carbocycles. The van der Waals surface area contributed by atoms with Crippen molar-refractivity contribution in [1.29, 1.82) is 0 Å². The van der Waals surface area contributed by atoms with E-state index in [4.69, 9.17) is 5.11 Å². The lowest BCUT2D eigenvalue weighted by molar-refractivity contribution is -0.136. The second-order valence-corrected chi connectivity index (χ2v) is 3.78. The quantitative estimate of drug-likeness (QED) is 0.786. The van der Waals surface area contributed by atoms with E-state index < -0.39 is 24.2 Å². The number of aryl methyl sites for hydroxylation is 1. The summed E-state index contributed by atoms with van der Waals surface area (Å²) in [6.07, 6.45) is 0.639. The van der Waals surface area contributed by atoms with E-state index in [0.29, 0.717) is 17.7 Å². The minimum atomic E-state index is -1.13. The Morgan fingerprint density at radius 2 is 2.06 bits per heavy atom. The summed E-state index contributed by atoms with van der Waals surface area (Å²) in [7, 11) is 0. The molecule has 1 aliphatic rings. The van der Waals surface area contributed by atoms with Crippen molar-refractivity contribution < 1.29 is 19.5 Å². The van der Waals surface area contributed by atoms with Crippen molar-refractivity contribution in [2.45, 2.75) is 13.3 Å². The SMILES string of the molecule is CCc1cccc2c1N(CC(=O)O)C(=O)C2=O. The highest BCUT2D eigenvalue weighted by Gasteiger charge is 2.37. The molecule has 17 heavy (non-hydrogen) atoms. The first-order valence-electron chi connectivity index (χ1n) is 5.26. The molecular formula is C12H11NO4. The molecule has 0 fully saturated rings. The highest BCUT2D eigenvalue weighted by molar-refractivity contribution is 6.52. The Kier molecular flexibility index (Phi) is 2.67. The van der Waals surface area contributed by atoms with Crippen LogP contribution in [0, 0.1) is 0 Å². The topological polar surface area (TPSA) is 74.7 Å². The molecule has 0 saturated heterocycles. The zero-order chi connectivity index (χ0) is 12.6. The van der Waals surface area contributed by atoms with Crippen molar-refractivity contribution in [1.82, 2.24) is 0 Å². The first kappa shape index (κ1) is 11.3. The smallest absolute Gasteiger partial charge is 0.323 e. The minimum absolute atomic E-state index is 0.301. The summed E-state index contributed by atoms with van der Waals surface area (Å²) in [4.78, 5) is 35.1. The average molecular weight is 233 g/mol. The third kappa shape index (κ3) is 1.69. The van der Waals surface area contributed by atoms with Crippen LogP contribution in [0.25, 0.3) is 0 Å². The number of hydrogen-bond donors (Lipinski definition) is 1. The van der Waals surface area contributed by atoms with Crippen molar-refractivity contribution in [2.24, 2.45) is 0 Å². The number of ketones is 1. The largest absolute Gasteiger partial charge is 0.480 e. The van der Waals surface area contributed by atoms with Gasteiger partial charge in [-0.05, 0) is 18.1 Å². The van der Waals surface area contributed by atoms with Crippen LogP contribution in [0.15, 0.2) is 18.2 Å².